The van der Waals surface area contributed by atoms with Gasteiger partial charge in [0.05, 0.1) is 0 Å². The molecule has 0 aliphatic carbocycles. The fourth-order valence-corrected chi connectivity index (χ4v) is 2.07. The molecule has 0 saturated heterocycles. The molecule has 0 aliphatic rings. The predicted octanol–water partition coefficient (Wildman–Crippen LogP) is 4.34. The van der Waals surface area contributed by atoms with E-state index in [-0.39, 0.29) is 17.6 Å². The van der Waals surface area contributed by atoms with E-state index < -0.39 is 0 Å². The van der Waals surface area contributed by atoms with Crippen LogP contribution in [0.5, 0.6) is 0 Å². The Morgan fingerprint density at radius 1 is 1.18 bits per heavy atom. The van der Waals surface area contributed by atoms with Gasteiger partial charge in [0.2, 0.25) is 0 Å². The van der Waals surface area contributed by atoms with Gasteiger partial charge in [0, 0.05) is 23.2 Å². The Labute approximate surface area is 127 Å². The molecule has 0 fully saturated rings. The third-order valence-electron chi connectivity index (χ3n) is 3.26. The highest BCUT2D eigenvalue weighted by Gasteiger charge is 2.11. The first kappa shape index (κ1) is 14.3. The van der Waals surface area contributed by atoms with Crippen LogP contribution in [0.2, 0.25) is 0 Å². The predicted molar refractivity (Wildman–Crippen MR) is 82.5 cm³/mol. The van der Waals surface area contributed by atoms with Gasteiger partial charge in [0.15, 0.2) is 11.5 Å². The molecule has 4 nitrogen and oxygen atoms in total. The van der Waals surface area contributed by atoms with Crippen molar-refractivity contribution < 1.29 is 13.6 Å². The van der Waals surface area contributed by atoms with Gasteiger partial charge in [-0.05, 0) is 36.4 Å². The number of amides is 1. The molecule has 22 heavy (non-hydrogen) atoms. The quantitative estimate of drug-likeness (QED) is 0.782. The highest BCUT2D eigenvalue weighted by molar-refractivity contribution is 6.04. The molecule has 0 spiro atoms. The van der Waals surface area contributed by atoms with Crippen LogP contribution in [0, 0.1) is 5.82 Å². The second-order valence-electron chi connectivity index (χ2n) is 5.35. The second kappa shape index (κ2) is 5.60. The fraction of sp³-hybridized carbons (Fsp3) is 0.176. The summed E-state index contributed by atoms with van der Waals surface area (Å²) in [5, 5.41) is 2.76. The minimum Gasteiger partial charge on any atom is -0.440 e. The summed E-state index contributed by atoms with van der Waals surface area (Å²) in [7, 11) is 0. The number of hydrogen-bond acceptors (Lipinski definition) is 3. The third-order valence-corrected chi connectivity index (χ3v) is 3.26. The number of nitrogens with zero attached hydrogens (tertiary/aromatic N) is 1. The smallest absolute Gasteiger partial charge is 0.255 e. The summed E-state index contributed by atoms with van der Waals surface area (Å²) in [6.45, 7) is 4.00. The van der Waals surface area contributed by atoms with Gasteiger partial charge in [-0.1, -0.05) is 13.8 Å². The van der Waals surface area contributed by atoms with Crippen LogP contribution in [0.4, 0.5) is 10.1 Å². The van der Waals surface area contributed by atoms with Crippen molar-refractivity contribution in [2.24, 2.45) is 0 Å². The number of carbonyl (C=O) groups is 1. The minimum absolute atomic E-state index is 0.199. The maximum Gasteiger partial charge on any atom is 0.255 e. The standard InChI is InChI=1S/C17H15FN2O2/c1-10(2)17-20-14-8-7-13(9-15(14)22-17)19-16(21)11-3-5-12(18)6-4-11/h3-10H,1-2H3,(H,19,21). The summed E-state index contributed by atoms with van der Waals surface area (Å²) in [4.78, 5) is 16.5. The molecular formula is C17H15FN2O2. The van der Waals surface area contributed by atoms with Crippen molar-refractivity contribution in [1.82, 2.24) is 4.98 Å². The Morgan fingerprint density at radius 3 is 2.59 bits per heavy atom. The minimum atomic E-state index is -0.374. The maximum atomic E-state index is 12.9. The molecule has 2 aromatic carbocycles. The van der Waals surface area contributed by atoms with E-state index in [9.17, 15) is 9.18 Å². The zero-order valence-corrected chi connectivity index (χ0v) is 12.3. The Kier molecular flexibility index (Phi) is 3.63. The second-order valence-corrected chi connectivity index (χ2v) is 5.35. The highest BCUT2D eigenvalue weighted by atomic mass is 19.1. The lowest BCUT2D eigenvalue weighted by Crippen LogP contribution is -2.11. The van der Waals surface area contributed by atoms with Crippen LogP contribution in [-0.2, 0) is 0 Å². The first-order valence-corrected chi connectivity index (χ1v) is 7.00. The maximum absolute atomic E-state index is 12.9. The Bertz CT molecular complexity index is 822. The van der Waals surface area contributed by atoms with E-state index in [2.05, 4.69) is 10.3 Å². The van der Waals surface area contributed by atoms with Crippen LogP contribution >= 0.6 is 0 Å². The SMILES string of the molecule is CC(C)c1nc2ccc(NC(=O)c3ccc(F)cc3)cc2o1. The number of aromatic nitrogens is 1. The number of benzene rings is 2. The van der Waals surface area contributed by atoms with Gasteiger partial charge in [-0.3, -0.25) is 4.79 Å². The largest absolute Gasteiger partial charge is 0.440 e. The molecule has 0 radical (unpaired) electrons. The lowest BCUT2D eigenvalue weighted by molar-refractivity contribution is 0.102. The average Bonchev–Trinajstić information content (AvgIpc) is 2.91. The summed E-state index contributed by atoms with van der Waals surface area (Å²) in [6.07, 6.45) is 0. The molecule has 0 saturated carbocycles. The van der Waals surface area contributed by atoms with Gasteiger partial charge in [-0.15, -0.1) is 0 Å². The van der Waals surface area contributed by atoms with Crippen LogP contribution in [0.25, 0.3) is 11.1 Å². The Hall–Kier alpha value is -2.69. The van der Waals surface area contributed by atoms with Gasteiger partial charge >= 0.3 is 0 Å². The van der Waals surface area contributed by atoms with Crippen molar-refractivity contribution in [2.75, 3.05) is 5.32 Å². The topological polar surface area (TPSA) is 55.1 Å². The lowest BCUT2D eigenvalue weighted by atomic mass is 10.2. The van der Waals surface area contributed by atoms with Crippen molar-refractivity contribution in [2.45, 2.75) is 19.8 Å². The molecule has 0 atom stereocenters. The first-order valence-electron chi connectivity index (χ1n) is 7.00. The molecule has 5 heteroatoms. The summed E-state index contributed by atoms with van der Waals surface area (Å²) in [6, 6.07) is 10.7. The number of fused-ring (bicyclic) bond motifs is 1. The van der Waals surface area contributed by atoms with Crippen molar-refractivity contribution >= 4 is 22.7 Å². The zero-order valence-electron chi connectivity index (χ0n) is 12.3. The van der Waals surface area contributed by atoms with E-state index in [0.717, 1.165) is 5.52 Å². The molecule has 1 aromatic heterocycles. The van der Waals surface area contributed by atoms with Crippen molar-refractivity contribution in [3.05, 3.63) is 59.7 Å². The normalized spacial score (nSPS) is 11.1. The molecule has 0 bridgehead atoms. The summed E-state index contributed by atoms with van der Waals surface area (Å²) in [5.41, 5.74) is 2.37. The molecule has 0 unspecified atom stereocenters. The molecule has 3 aromatic rings. The number of oxazole rings is 1. The van der Waals surface area contributed by atoms with Crippen molar-refractivity contribution in [3.8, 4) is 0 Å². The molecule has 1 amide bonds. The van der Waals surface area contributed by atoms with E-state index in [1.165, 1.54) is 24.3 Å². The molecule has 0 aliphatic heterocycles. The molecule has 1 heterocycles. The van der Waals surface area contributed by atoms with Gasteiger partial charge in [-0.2, -0.15) is 0 Å². The van der Waals surface area contributed by atoms with Crippen LogP contribution in [0.15, 0.2) is 46.9 Å². The number of nitrogens with one attached hydrogen (secondary N) is 1. The third kappa shape index (κ3) is 2.83. The van der Waals surface area contributed by atoms with Crippen molar-refractivity contribution in [1.29, 1.82) is 0 Å². The monoisotopic (exact) mass is 298 g/mol. The zero-order chi connectivity index (χ0) is 15.7. The first-order chi connectivity index (χ1) is 10.5. The Balaban J connectivity index is 1.84. The van der Waals surface area contributed by atoms with E-state index in [1.54, 1.807) is 18.2 Å². The van der Waals surface area contributed by atoms with Crippen LogP contribution in [0.3, 0.4) is 0 Å². The lowest BCUT2D eigenvalue weighted by Gasteiger charge is -2.04. The molecular weight excluding hydrogens is 283 g/mol. The number of halogens is 1. The summed E-state index contributed by atoms with van der Waals surface area (Å²) < 4.78 is 18.5. The van der Waals surface area contributed by atoms with Gasteiger partial charge in [-0.25, -0.2) is 9.37 Å². The fourth-order valence-electron chi connectivity index (χ4n) is 2.07. The number of rotatable bonds is 3. The molecule has 1 N–H and O–H groups in total. The van der Waals surface area contributed by atoms with Crippen molar-refractivity contribution in [3.63, 3.8) is 0 Å². The molecule has 112 valence electrons. The van der Waals surface area contributed by atoms with Crippen LogP contribution < -0.4 is 5.32 Å². The summed E-state index contributed by atoms with van der Waals surface area (Å²) >= 11 is 0. The van der Waals surface area contributed by atoms with E-state index >= 15 is 0 Å². The summed E-state index contributed by atoms with van der Waals surface area (Å²) in [5.74, 6) is 0.186. The van der Waals surface area contributed by atoms with E-state index in [0.29, 0.717) is 22.7 Å². The van der Waals surface area contributed by atoms with Crippen LogP contribution in [-0.4, -0.2) is 10.9 Å². The number of carbonyl (C=O) groups excluding carboxylic acids is 1. The van der Waals surface area contributed by atoms with E-state index in [4.69, 9.17) is 4.42 Å². The van der Waals surface area contributed by atoms with Crippen LogP contribution in [0.1, 0.15) is 36.0 Å². The molecule has 3 rings (SSSR count). The Morgan fingerprint density at radius 2 is 1.91 bits per heavy atom. The van der Waals surface area contributed by atoms with E-state index in [1.807, 2.05) is 13.8 Å². The number of anilines is 1. The van der Waals surface area contributed by atoms with Gasteiger partial charge in [0.1, 0.15) is 11.3 Å². The van der Waals surface area contributed by atoms with Gasteiger partial charge < -0.3 is 9.73 Å². The van der Waals surface area contributed by atoms with Gasteiger partial charge in [0.25, 0.3) is 5.91 Å². The number of hydrogen-bond donors (Lipinski definition) is 1. The average molecular weight is 298 g/mol. The highest BCUT2D eigenvalue weighted by Crippen LogP contribution is 2.24.